The van der Waals surface area contributed by atoms with E-state index in [2.05, 4.69) is 6.92 Å². The fraction of sp³-hybridized carbons (Fsp3) is 1.00. The van der Waals surface area contributed by atoms with Crippen molar-refractivity contribution in [3.63, 3.8) is 0 Å². The van der Waals surface area contributed by atoms with E-state index >= 15 is 0 Å². The van der Waals surface area contributed by atoms with Crippen LogP contribution in [0.2, 0.25) is 0 Å². The lowest BCUT2D eigenvalue weighted by Crippen LogP contribution is -2.22. The molecule has 8 heavy (non-hydrogen) atoms. The summed E-state index contributed by atoms with van der Waals surface area (Å²) < 4.78 is 0. The van der Waals surface area contributed by atoms with Crippen LogP contribution < -0.4 is 5.73 Å². The van der Waals surface area contributed by atoms with E-state index in [0.717, 1.165) is 6.42 Å². The van der Waals surface area contributed by atoms with Crippen molar-refractivity contribution in [1.82, 2.24) is 5.73 Å². The van der Waals surface area contributed by atoms with Gasteiger partial charge in [0.2, 0.25) is 0 Å². The van der Waals surface area contributed by atoms with Gasteiger partial charge in [0, 0.05) is 6.04 Å². The maximum Gasteiger partial charge on any atom is 0.0238 e. The molecule has 0 saturated heterocycles. The highest BCUT2D eigenvalue weighted by molar-refractivity contribution is 4.73. The van der Waals surface area contributed by atoms with Crippen LogP contribution in [0.25, 0.3) is 0 Å². The van der Waals surface area contributed by atoms with Crippen LogP contribution in [0, 0.1) is 5.92 Å². The Morgan fingerprint density at radius 1 is 1.25 bits per heavy atom. The second-order valence-electron chi connectivity index (χ2n) is 2.87. The predicted octanol–water partition coefficient (Wildman–Crippen LogP) is 1.85. The second-order valence-corrected chi connectivity index (χ2v) is 2.87. The molecule has 0 bridgehead atoms. The Kier molecular flexibility index (Phi) is 1.90. The van der Waals surface area contributed by atoms with Crippen molar-refractivity contribution in [1.29, 1.82) is 0 Å². The Bertz CT molecular complexity index is 60.8. The number of rotatable bonds is 0. The number of nitrogens with one attached hydrogen (secondary N) is 1. The summed E-state index contributed by atoms with van der Waals surface area (Å²) in [6, 6.07) is 0.253. The van der Waals surface area contributed by atoms with Crippen molar-refractivity contribution in [2.24, 2.45) is 5.92 Å². The zero-order valence-corrected chi connectivity index (χ0v) is 5.48. The lowest BCUT2D eigenvalue weighted by molar-refractivity contribution is 0.323. The molecule has 0 aromatic rings. The van der Waals surface area contributed by atoms with Crippen LogP contribution in [0.3, 0.4) is 0 Å². The van der Waals surface area contributed by atoms with Gasteiger partial charge >= 0.3 is 0 Å². The maximum atomic E-state index is 7.48. The monoisotopic (exact) mass is 112 g/mol. The van der Waals surface area contributed by atoms with Crippen LogP contribution in [-0.2, 0) is 0 Å². The highest BCUT2D eigenvalue weighted by Crippen LogP contribution is 2.22. The summed E-state index contributed by atoms with van der Waals surface area (Å²) in [6.45, 7) is 2.19. The molecule has 1 N–H and O–H groups in total. The number of hydrogen-bond donors (Lipinski definition) is 0. The van der Waals surface area contributed by atoms with Gasteiger partial charge in [0.25, 0.3) is 0 Å². The zero-order valence-electron chi connectivity index (χ0n) is 5.48. The van der Waals surface area contributed by atoms with Crippen molar-refractivity contribution in [2.75, 3.05) is 0 Å². The van der Waals surface area contributed by atoms with E-state index in [1.807, 2.05) is 0 Å². The highest BCUT2D eigenvalue weighted by Gasteiger charge is 2.16. The highest BCUT2D eigenvalue weighted by atomic mass is 14.6. The van der Waals surface area contributed by atoms with Crippen LogP contribution in [0.5, 0.6) is 0 Å². The molecule has 0 aromatic carbocycles. The average molecular weight is 112 g/mol. The fourth-order valence-corrected chi connectivity index (χ4v) is 1.32. The molecule has 1 heteroatoms. The summed E-state index contributed by atoms with van der Waals surface area (Å²) in [5, 5.41) is 0. The molecule has 0 spiro atoms. The molecule has 1 rings (SSSR count). The fourth-order valence-electron chi connectivity index (χ4n) is 1.32. The summed E-state index contributed by atoms with van der Waals surface area (Å²) in [5.74, 6) is 0.670. The van der Waals surface area contributed by atoms with Gasteiger partial charge in [0.05, 0.1) is 0 Å². The summed E-state index contributed by atoms with van der Waals surface area (Å²) in [6.07, 6.45) is 5.07. The largest absolute Gasteiger partial charge is 0.254 e. The van der Waals surface area contributed by atoms with E-state index in [9.17, 15) is 0 Å². The van der Waals surface area contributed by atoms with Crippen LogP contribution in [0.4, 0.5) is 0 Å². The van der Waals surface area contributed by atoms with E-state index in [-0.39, 0.29) is 6.04 Å². The zero-order chi connectivity index (χ0) is 5.98. The maximum absolute atomic E-state index is 7.48. The first kappa shape index (κ1) is 6.09. The van der Waals surface area contributed by atoms with Gasteiger partial charge < -0.3 is 0 Å². The van der Waals surface area contributed by atoms with Crippen molar-refractivity contribution in [2.45, 2.75) is 38.6 Å². The van der Waals surface area contributed by atoms with Crippen LogP contribution in [0.15, 0.2) is 0 Å². The van der Waals surface area contributed by atoms with Gasteiger partial charge in [0.15, 0.2) is 0 Å². The molecule has 1 radical (unpaired) electrons. The Morgan fingerprint density at radius 3 is 2.25 bits per heavy atom. The van der Waals surface area contributed by atoms with Gasteiger partial charge in [-0.1, -0.05) is 19.8 Å². The average Bonchev–Trinajstić information content (AvgIpc) is 1.77. The Hall–Kier alpha value is -0.0400. The van der Waals surface area contributed by atoms with Crippen molar-refractivity contribution >= 4 is 0 Å². The quantitative estimate of drug-likeness (QED) is 0.456. The predicted molar refractivity (Wildman–Crippen MR) is 34.5 cm³/mol. The van der Waals surface area contributed by atoms with E-state index in [4.69, 9.17) is 5.73 Å². The van der Waals surface area contributed by atoms with Gasteiger partial charge in [-0.05, 0) is 18.8 Å². The molecule has 2 atom stereocenters. The summed E-state index contributed by atoms with van der Waals surface area (Å²) in [5.41, 5.74) is 7.48. The van der Waals surface area contributed by atoms with E-state index in [0.29, 0.717) is 5.92 Å². The molecular formula is C7H14N. The standard InChI is InChI=1S/C7H14N/c1-6-4-2-3-5-7(6)8/h6-8H,2-5H2,1H3. The van der Waals surface area contributed by atoms with E-state index < -0.39 is 0 Å². The van der Waals surface area contributed by atoms with Crippen LogP contribution in [0.1, 0.15) is 32.6 Å². The Labute approximate surface area is 51.3 Å². The molecule has 1 saturated carbocycles. The first-order valence-electron chi connectivity index (χ1n) is 3.52. The summed E-state index contributed by atoms with van der Waals surface area (Å²) in [4.78, 5) is 0. The van der Waals surface area contributed by atoms with Crippen LogP contribution in [-0.4, -0.2) is 6.04 Å². The second kappa shape index (κ2) is 2.49. The Morgan fingerprint density at radius 2 is 1.88 bits per heavy atom. The molecule has 0 aliphatic heterocycles. The minimum absolute atomic E-state index is 0.253. The van der Waals surface area contributed by atoms with Gasteiger partial charge in [-0.2, -0.15) is 0 Å². The molecule has 0 aromatic heterocycles. The molecular weight excluding hydrogens is 98.1 g/mol. The molecule has 0 amide bonds. The summed E-state index contributed by atoms with van der Waals surface area (Å²) >= 11 is 0. The smallest absolute Gasteiger partial charge is 0.0238 e. The normalized spacial score (nSPS) is 39.8. The minimum Gasteiger partial charge on any atom is -0.254 e. The third kappa shape index (κ3) is 1.22. The minimum atomic E-state index is 0.253. The molecule has 1 aliphatic rings. The molecule has 0 heterocycles. The molecule has 1 fully saturated rings. The van der Waals surface area contributed by atoms with Crippen molar-refractivity contribution in [3.8, 4) is 0 Å². The molecule has 2 unspecified atom stereocenters. The molecule has 47 valence electrons. The van der Waals surface area contributed by atoms with Gasteiger partial charge in [-0.15, -0.1) is 0 Å². The topological polar surface area (TPSA) is 23.8 Å². The Balaban J connectivity index is 2.28. The van der Waals surface area contributed by atoms with Gasteiger partial charge in [0.1, 0.15) is 0 Å². The first-order chi connectivity index (χ1) is 3.80. The first-order valence-corrected chi connectivity index (χ1v) is 3.52. The van der Waals surface area contributed by atoms with E-state index in [1.165, 1.54) is 19.3 Å². The lowest BCUT2D eigenvalue weighted by atomic mass is 9.87. The molecule has 1 nitrogen and oxygen atoms in total. The molecule has 1 aliphatic carbocycles. The lowest BCUT2D eigenvalue weighted by Gasteiger charge is -2.23. The van der Waals surface area contributed by atoms with Crippen LogP contribution >= 0.6 is 0 Å². The third-order valence-electron chi connectivity index (χ3n) is 2.11. The SMILES string of the molecule is CC1CCCCC1[NH]. The van der Waals surface area contributed by atoms with Crippen molar-refractivity contribution in [3.05, 3.63) is 0 Å². The third-order valence-corrected chi connectivity index (χ3v) is 2.11. The van der Waals surface area contributed by atoms with Crippen molar-refractivity contribution < 1.29 is 0 Å². The summed E-state index contributed by atoms with van der Waals surface area (Å²) in [7, 11) is 0. The van der Waals surface area contributed by atoms with Gasteiger partial charge in [-0.3, -0.25) is 5.73 Å². The number of hydrogen-bond acceptors (Lipinski definition) is 0. The van der Waals surface area contributed by atoms with E-state index in [1.54, 1.807) is 0 Å². The van der Waals surface area contributed by atoms with Gasteiger partial charge in [-0.25, -0.2) is 0 Å².